The molecule has 2 aliphatic heterocycles. The lowest BCUT2D eigenvalue weighted by Crippen LogP contribution is -2.54. The highest BCUT2D eigenvalue weighted by molar-refractivity contribution is 5.97. The zero-order valence-electron chi connectivity index (χ0n) is 19.3. The van der Waals surface area contributed by atoms with Crippen molar-refractivity contribution in [1.29, 1.82) is 0 Å². The molecule has 0 radical (unpaired) electrons. The van der Waals surface area contributed by atoms with E-state index >= 15 is 0 Å². The smallest absolute Gasteiger partial charge is 0.407 e. The van der Waals surface area contributed by atoms with Crippen LogP contribution in [0.3, 0.4) is 0 Å². The van der Waals surface area contributed by atoms with Gasteiger partial charge in [0.05, 0.1) is 12.1 Å². The van der Waals surface area contributed by atoms with Gasteiger partial charge in [-0.05, 0) is 64.2 Å². The van der Waals surface area contributed by atoms with Gasteiger partial charge >= 0.3 is 6.09 Å². The monoisotopic (exact) mass is 442 g/mol. The molecule has 1 aliphatic carbocycles. The van der Waals surface area contributed by atoms with Crippen LogP contribution in [0.1, 0.15) is 63.3 Å². The number of likely N-dealkylation sites (tertiary alicyclic amines) is 2. The number of nitrogens with zero attached hydrogens (tertiary/aromatic N) is 3. The number of alkyl carbamates (subject to hydrolysis) is 1. The number of amidine groups is 1. The number of carbonyl (C=O) groups is 2. The van der Waals surface area contributed by atoms with Crippen LogP contribution in [-0.4, -0.2) is 64.5 Å². The number of aryl methyl sites for hydroxylation is 1. The summed E-state index contributed by atoms with van der Waals surface area (Å²) in [6.07, 6.45) is 2.25. The van der Waals surface area contributed by atoms with Crippen molar-refractivity contribution in [3.63, 3.8) is 0 Å². The summed E-state index contributed by atoms with van der Waals surface area (Å²) < 4.78 is 5.34. The molecule has 2 saturated heterocycles. The van der Waals surface area contributed by atoms with Crippen molar-refractivity contribution in [2.75, 3.05) is 13.1 Å². The summed E-state index contributed by atoms with van der Waals surface area (Å²) in [6.45, 7) is 8.92. The van der Waals surface area contributed by atoms with E-state index in [1.165, 1.54) is 11.1 Å². The van der Waals surface area contributed by atoms with E-state index in [-0.39, 0.29) is 30.1 Å². The van der Waals surface area contributed by atoms with Gasteiger partial charge in [0.15, 0.2) is 0 Å². The average molecular weight is 443 g/mol. The summed E-state index contributed by atoms with van der Waals surface area (Å²) in [7, 11) is 0. The molecule has 3 unspecified atom stereocenters. The lowest BCUT2D eigenvalue weighted by molar-refractivity contribution is -0.139. The van der Waals surface area contributed by atoms with Gasteiger partial charge in [-0.1, -0.05) is 12.1 Å². The maximum Gasteiger partial charge on any atom is 0.407 e. The minimum atomic E-state index is -0.534. The number of hydrazone groups is 1. The fourth-order valence-corrected chi connectivity index (χ4v) is 5.32. The minimum absolute atomic E-state index is 0.106. The van der Waals surface area contributed by atoms with Gasteiger partial charge in [-0.15, -0.1) is 0 Å². The predicted octanol–water partition coefficient (Wildman–Crippen LogP) is 1.45. The number of ether oxygens (including phenoxy) is 1. The standard InChI is InChI=1S/C23H34N6O3/c1-13(26-22(31)32-23(2,3)4)11-28-12-16-10-19(28)21(30)29(16)18-8-6-14-9-15(20(24)27-25)5-7-17(14)18/h5,7,9,13,16,18-19H,6,8,10-12,25H2,1-4H3,(H2,24,27)(H,26,31)/t13?,16-,18?,19?/m0/s1. The number of carbonyl (C=O) groups excluding carboxylic acids is 2. The highest BCUT2D eigenvalue weighted by Crippen LogP contribution is 2.44. The SMILES string of the molecule is CC(CN1C[C@@H]2CC1C(=O)N2C1CCc2cc(/C(N)=N/N)ccc21)NC(=O)OC(C)(C)C. The zero-order chi connectivity index (χ0) is 23.2. The molecule has 32 heavy (non-hydrogen) atoms. The Balaban J connectivity index is 1.39. The number of hydrogen-bond donors (Lipinski definition) is 3. The zero-order valence-corrected chi connectivity index (χ0v) is 19.3. The lowest BCUT2D eigenvalue weighted by Gasteiger charge is -2.38. The third-order valence-electron chi connectivity index (χ3n) is 6.55. The first-order valence-electron chi connectivity index (χ1n) is 11.3. The van der Waals surface area contributed by atoms with E-state index in [9.17, 15) is 9.59 Å². The second-order valence-electron chi connectivity index (χ2n) is 10.1. The molecule has 4 atom stereocenters. The van der Waals surface area contributed by atoms with Gasteiger partial charge in [0, 0.05) is 30.7 Å². The third-order valence-corrected chi connectivity index (χ3v) is 6.55. The molecule has 9 heteroatoms. The number of amides is 2. The Kier molecular flexibility index (Phi) is 5.79. The van der Waals surface area contributed by atoms with E-state index in [0.29, 0.717) is 12.4 Å². The van der Waals surface area contributed by atoms with E-state index in [1.54, 1.807) is 0 Å². The highest BCUT2D eigenvalue weighted by Gasteiger charge is 2.52. The maximum absolute atomic E-state index is 13.3. The van der Waals surface area contributed by atoms with E-state index in [2.05, 4.69) is 26.3 Å². The van der Waals surface area contributed by atoms with Gasteiger partial charge in [0.25, 0.3) is 0 Å². The van der Waals surface area contributed by atoms with Crippen LogP contribution < -0.4 is 16.9 Å². The van der Waals surface area contributed by atoms with E-state index in [0.717, 1.165) is 31.4 Å². The second kappa shape index (κ2) is 8.27. The van der Waals surface area contributed by atoms with Crippen LogP contribution in [0.5, 0.6) is 0 Å². The van der Waals surface area contributed by atoms with Gasteiger partial charge in [-0.25, -0.2) is 4.79 Å². The van der Waals surface area contributed by atoms with Crippen molar-refractivity contribution in [2.45, 2.75) is 76.7 Å². The minimum Gasteiger partial charge on any atom is -0.444 e. The van der Waals surface area contributed by atoms with Crippen molar-refractivity contribution in [3.05, 3.63) is 34.9 Å². The molecule has 0 saturated carbocycles. The summed E-state index contributed by atoms with van der Waals surface area (Å²) >= 11 is 0. The van der Waals surface area contributed by atoms with Crippen LogP contribution in [0.2, 0.25) is 0 Å². The van der Waals surface area contributed by atoms with E-state index < -0.39 is 11.7 Å². The molecule has 4 rings (SSSR count). The fourth-order valence-electron chi connectivity index (χ4n) is 5.32. The first-order valence-corrected chi connectivity index (χ1v) is 11.3. The topological polar surface area (TPSA) is 126 Å². The van der Waals surface area contributed by atoms with Crippen molar-refractivity contribution < 1.29 is 14.3 Å². The average Bonchev–Trinajstić information content (AvgIpc) is 3.37. The fraction of sp³-hybridized carbons (Fsp3) is 0.609. The Morgan fingerprint density at radius 1 is 1.34 bits per heavy atom. The van der Waals surface area contributed by atoms with Crippen molar-refractivity contribution in [1.82, 2.24) is 15.1 Å². The molecule has 2 fully saturated rings. The van der Waals surface area contributed by atoms with Gasteiger partial charge in [0.2, 0.25) is 5.91 Å². The summed E-state index contributed by atoms with van der Waals surface area (Å²) in [6, 6.07) is 6.11. The van der Waals surface area contributed by atoms with Crippen LogP contribution in [0.15, 0.2) is 23.3 Å². The van der Waals surface area contributed by atoms with E-state index in [1.807, 2.05) is 39.8 Å². The molecular formula is C23H34N6O3. The molecular weight excluding hydrogens is 408 g/mol. The summed E-state index contributed by atoms with van der Waals surface area (Å²) in [5.74, 6) is 5.82. The van der Waals surface area contributed by atoms with Gasteiger partial charge < -0.3 is 26.5 Å². The Morgan fingerprint density at radius 2 is 2.09 bits per heavy atom. The summed E-state index contributed by atoms with van der Waals surface area (Å²) in [5, 5.41) is 6.46. The number of hydrogen-bond acceptors (Lipinski definition) is 6. The largest absolute Gasteiger partial charge is 0.444 e. The molecule has 2 amide bonds. The quantitative estimate of drug-likeness (QED) is 0.274. The third kappa shape index (κ3) is 4.26. The maximum atomic E-state index is 13.3. The van der Waals surface area contributed by atoms with Crippen molar-refractivity contribution in [3.8, 4) is 0 Å². The molecule has 0 spiro atoms. The Labute approximate surface area is 189 Å². The molecule has 2 bridgehead atoms. The Bertz CT molecular complexity index is 940. The van der Waals surface area contributed by atoms with E-state index in [4.69, 9.17) is 16.3 Å². The summed E-state index contributed by atoms with van der Waals surface area (Å²) in [5.41, 5.74) is 8.55. The van der Waals surface area contributed by atoms with Crippen LogP contribution in [0.25, 0.3) is 0 Å². The first-order chi connectivity index (χ1) is 15.1. The molecule has 1 aromatic rings. The van der Waals surface area contributed by atoms with Gasteiger partial charge in [-0.3, -0.25) is 9.69 Å². The number of fused-ring (bicyclic) bond motifs is 3. The molecule has 1 aromatic carbocycles. The summed E-state index contributed by atoms with van der Waals surface area (Å²) in [4.78, 5) is 29.6. The van der Waals surface area contributed by atoms with Crippen molar-refractivity contribution >= 4 is 17.8 Å². The van der Waals surface area contributed by atoms with Crippen molar-refractivity contribution in [2.24, 2.45) is 16.7 Å². The second-order valence-corrected chi connectivity index (χ2v) is 10.1. The molecule has 0 aromatic heterocycles. The van der Waals surface area contributed by atoms with Gasteiger partial charge in [-0.2, -0.15) is 5.10 Å². The molecule has 2 heterocycles. The number of rotatable bonds is 5. The highest BCUT2D eigenvalue weighted by atomic mass is 16.6. The molecule has 174 valence electrons. The Morgan fingerprint density at radius 3 is 2.75 bits per heavy atom. The normalized spacial score (nSPS) is 26.4. The van der Waals surface area contributed by atoms with Gasteiger partial charge in [0.1, 0.15) is 11.4 Å². The Hall–Kier alpha value is -2.81. The predicted molar refractivity (Wildman–Crippen MR) is 122 cm³/mol. The van der Waals surface area contributed by atoms with Crippen LogP contribution in [0.4, 0.5) is 4.79 Å². The molecule has 5 N–H and O–H groups in total. The number of piperazine rings is 1. The first kappa shape index (κ1) is 22.4. The molecule has 3 aliphatic rings. The number of nitrogens with one attached hydrogen (secondary N) is 1. The van der Waals surface area contributed by atoms with Crippen LogP contribution in [0, 0.1) is 0 Å². The van der Waals surface area contributed by atoms with Crippen LogP contribution in [-0.2, 0) is 16.0 Å². The number of nitrogens with two attached hydrogens (primary N) is 2. The lowest BCUT2D eigenvalue weighted by atomic mass is 10.0. The van der Waals surface area contributed by atoms with Crippen LogP contribution >= 0.6 is 0 Å². The number of benzene rings is 1. The molecule has 9 nitrogen and oxygen atoms in total.